The standard InChI is InChI=1S/C16H25N3O3/c1-11(2)9-13(10-17)19-15(20)7-8-22-14-5-3-12(4-6-14)16(18)21/h3-6,11,13H,7-10,17H2,1-2H3,(H2,18,21)(H,19,20). The Morgan fingerprint density at radius 3 is 2.36 bits per heavy atom. The molecule has 6 nitrogen and oxygen atoms in total. The van der Waals surface area contributed by atoms with Gasteiger partial charge in [-0.15, -0.1) is 0 Å². The van der Waals surface area contributed by atoms with Gasteiger partial charge in [-0.2, -0.15) is 0 Å². The van der Waals surface area contributed by atoms with Crippen molar-refractivity contribution in [3.63, 3.8) is 0 Å². The number of carbonyl (C=O) groups excluding carboxylic acids is 2. The Kier molecular flexibility index (Phi) is 7.39. The lowest BCUT2D eigenvalue weighted by molar-refractivity contribution is -0.122. The van der Waals surface area contributed by atoms with Crippen molar-refractivity contribution in [2.24, 2.45) is 17.4 Å². The second-order valence-corrected chi connectivity index (χ2v) is 5.62. The maximum absolute atomic E-state index is 11.8. The Labute approximate surface area is 131 Å². The topological polar surface area (TPSA) is 107 Å². The zero-order valence-electron chi connectivity index (χ0n) is 13.2. The van der Waals surface area contributed by atoms with Crippen molar-refractivity contribution in [3.05, 3.63) is 29.8 Å². The fourth-order valence-corrected chi connectivity index (χ4v) is 2.06. The number of nitrogens with one attached hydrogen (secondary N) is 1. The number of nitrogens with two attached hydrogens (primary N) is 2. The van der Waals surface area contributed by atoms with Crippen LogP contribution in [0.1, 0.15) is 37.0 Å². The summed E-state index contributed by atoms with van der Waals surface area (Å²) < 4.78 is 5.46. The minimum atomic E-state index is -0.482. The van der Waals surface area contributed by atoms with Crippen LogP contribution in [-0.2, 0) is 4.79 Å². The maximum atomic E-state index is 11.8. The van der Waals surface area contributed by atoms with E-state index in [1.807, 2.05) is 0 Å². The molecule has 0 aliphatic carbocycles. The molecule has 1 rings (SSSR count). The zero-order valence-corrected chi connectivity index (χ0v) is 13.2. The van der Waals surface area contributed by atoms with E-state index >= 15 is 0 Å². The van der Waals surface area contributed by atoms with Gasteiger partial charge in [0.25, 0.3) is 0 Å². The first-order valence-corrected chi connectivity index (χ1v) is 7.44. The highest BCUT2D eigenvalue weighted by Gasteiger charge is 2.12. The number of hydrogen-bond donors (Lipinski definition) is 3. The molecule has 6 heteroatoms. The summed E-state index contributed by atoms with van der Waals surface area (Å²) in [6, 6.07) is 6.48. The Morgan fingerprint density at radius 1 is 1.23 bits per heavy atom. The van der Waals surface area contributed by atoms with E-state index in [1.54, 1.807) is 24.3 Å². The van der Waals surface area contributed by atoms with E-state index in [2.05, 4.69) is 19.2 Å². The van der Waals surface area contributed by atoms with Gasteiger partial charge in [-0.3, -0.25) is 9.59 Å². The van der Waals surface area contributed by atoms with Crippen LogP contribution in [-0.4, -0.2) is 31.0 Å². The molecule has 1 atom stereocenters. The molecule has 0 heterocycles. The summed E-state index contributed by atoms with van der Waals surface area (Å²) in [5, 5.41) is 2.90. The lowest BCUT2D eigenvalue weighted by Gasteiger charge is -2.18. The lowest BCUT2D eigenvalue weighted by Crippen LogP contribution is -2.41. The fraction of sp³-hybridized carbons (Fsp3) is 0.500. The molecule has 22 heavy (non-hydrogen) atoms. The van der Waals surface area contributed by atoms with Crippen LogP contribution in [0, 0.1) is 5.92 Å². The predicted molar refractivity (Wildman–Crippen MR) is 85.5 cm³/mol. The Morgan fingerprint density at radius 2 is 1.86 bits per heavy atom. The van der Waals surface area contributed by atoms with Crippen LogP contribution in [0.4, 0.5) is 0 Å². The SMILES string of the molecule is CC(C)CC(CN)NC(=O)CCOc1ccc(C(N)=O)cc1. The van der Waals surface area contributed by atoms with Gasteiger partial charge < -0.3 is 21.5 Å². The molecule has 2 amide bonds. The Hall–Kier alpha value is -2.08. The van der Waals surface area contributed by atoms with Gasteiger partial charge in [0.15, 0.2) is 0 Å². The molecule has 0 spiro atoms. The summed E-state index contributed by atoms with van der Waals surface area (Å²) in [6.45, 7) is 4.88. The predicted octanol–water partition coefficient (Wildman–Crippen LogP) is 1.04. The van der Waals surface area contributed by atoms with Crippen LogP contribution >= 0.6 is 0 Å². The number of carbonyl (C=O) groups is 2. The van der Waals surface area contributed by atoms with E-state index in [0.29, 0.717) is 23.8 Å². The van der Waals surface area contributed by atoms with Crippen molar-refractivity contribution in [1.82, 2.24) is 5.32 Å². The summed E-state index contributed by atoms with van der Waals surface area (Å²) in [6.07, 6.45) is 1.11. The van der Waals surface area contributed by atoms with Crippen LogP contribution in [0.2, 0.25) is 0 Å². The zero-order chi connectivity index (χ0) is 16.5. The Balaban J connectivity index is 2.33. The first-order valence-electron chi connectivity index (χ1n) is 7.44. The van der Waals surface area contributed by atoms with Crippen LogP contribution in [0.15, 0.2) is 24.3 Å². The third-order valence-electron chi connectivity index (χ3n) is 3.14. The highest BCUT2D eigenvalue weighted by molar-refractivity contribution is 5.92. The highest BCUT2D eigenvalue weighted by atomic mass is 16.5. The average molecular weight is 307 g/mol. The average Bonchev–Trinajstić information content (AvgIpc) is 2.46. The summed E-state index contributed by atoms with van der Waals surface area (Å²) in [4.78, 5) is 22.8. The maximum Gasteiger partial charge on any atom is 0.248 e. The van der Waals surface area contributed by atoms with E-state index in [9.17, 15) is 9.59 Å². The van der Waals surface area contributed by atoms with E-state index in [1.165, 1.54) is 0 Å². The van der Waals surface area contributed by atoms with Crippen molar-refractivity contribution >= 4 is 11.8 Å². The monoisotopic (exact) mass is 307 g/mol. The number of primary amides is 1. The van der Waals surface area contributed by atoms with Crippen molar-refractivity contribution in [3.8, 4) is 5.75 Å². The number of hydrogen-bond acceptors (Lipinski definition) is 4. The van der Waals surface area contributed by atoms with Gasteiger partial charge in [-0.25, -0.2) is 0 Å². The molecule has 0 bridgehead atoms. The molecular weight excluding hydrogens is 282 g/mol. The van der Waals surface area contributed by atoms with Crippen LogP contribution in [0.5, 0.6) is 5.75 Å². The summed E-state index contributed by atoms with van der Waals surface area (Å²) in [5.41, 5.74) is 11.2. The Bertz CT molecular complexity index is 486. The quantitative estimate of drug-likeness (QED) is 0.633. The molecule has 0 saturated heterocycles. The third-order valence-corrected chi connectivity index (χ3v) is 3.14. The first-order chi connectivity index (χ1) is 10.4. The van der Waals surface area contributed by atoms with Crippen molar-refractivity contribution in [1.29, 1.82) is 0 Å². The van der Waals surface area contributed by atoms with Gasteiger partial charge in [-0.1, -0.05) is 13.8 Å². The second-order valence-electron chi connectivity index (χ2n) is 5.62. The van der Waals surface area contributed by atoms with E-state index in [0.717, 1.165) is 6.42 Å². The molecule has 0 aliphatic heterocycles. The molecule has 5 N–H and O–H groups in total. The number of ether oxygens (including phenoxy) is 1. The van der Waals surface area contributed by atoms with Gasteiger partial charge >= 0.3 is 0 Å². The fourth-order valence-electron chi connectivity index (χ4n) is 2.06. The molecule has 0 fully saturated rings. The van der Waals surface area contributed by atoms with Crippen molar-refractivity contribution in [2.75, 3.05) is 13.2 Å². The summed E-state index contributed by atoms with van der Waals surface area (Å²) in [5.74, 6) is 0.512. The molecule has 122 valence electrons. The van der Waals surface area contributed by atoms with Gasteiger partial charge in [0, 0.05) is 18.2 Å². The largest absolute Gasteiger partial charge is 0.493 e. The lowest BCUT2D eigenvalue weighted by atomic mass is 10.0. The van der Waals surface area contributed by atoms with E-state index in [-0.39, 0.29) is 25.0 Å². The minimum absolute atomic E-state index is 0.00218. The minimum Gasteiger partial charge on any atom is -0.493 e. The molecule has 0 saturated carbocycles. The number of amides is 2. The van der Waals surface area contributed by atoms with Gasteiger partial charge in [0.2, 0.25) is 11.8 Å². The van der Waals surface area contributed by atoms with Crippen LogP contribution in [0.25, 0.3) is 0 Å². The molecule has 0 radical (unpaired) electrons. The van der Waals surface area contributed by atoms with E-state index < -0.39 is 5.91 Å². The van der Waals surface area contributed by atoms with Crippen molar-refractivity contribution in [2.45, 2.75) is 32.7 Å². The normalized spacial score (nSPS) is 12.0. The number of rotatable bonds is 9. The van der Waals surface area contributed by atoms with Gasteiger partial charge in [0.1, 0.15) is 5.75 Å². The first kappa shape index (κ1) is 18.0. The van der Waals surface area contributed by atoms with Gasteiger partial charge in [0.05, 0.1) is 13.0 Å². The van der Waals surface area contributed by atoms with E-state index in [4.69, 9.17) is 16.2 Å². The molecule has 0 aliphatic rings. The van der Waals surface area contributed by atoms with Crippen molar-refractivity contribution < 1.29 is 14.3 Å². The van der Waals surface area contributed by atoms with Crippen LogP contribution in [0.3, 0.4) is 0 Å². The summed E-state index contributed by atoms with van der Waals surface area (Å²) in [7, 11) is 0. The van der Waals surface area contributed by atoms with Crippen LogP contribution < -0.4 is 21.5 Å². The molecule has 1 aromatic rings. The molecule has 1 aromatic carbocycles. The highest BCUT2D eigenvalue weighted by Crippen LogP contribution is 2.12. The molecule has 1 unspecified atom stereocenters. The smallest absolute Gasteiger partial charge is 0.248 e. The third kappa shape index (κ3) is 6.58. The molecule has 0 aromatic heterocycles. The molecular formula is C16H25N3O3. The van der Waals surface area contributed by atoms with Gasteiger partial charge in [-0.05, 0) is 36.6 Å². The summed E-state index contributed by atoms with van der Waals surface area (Å²) >= 11 is 0. The number of benzene rings is 1. The second kappa shape index (κ2) is 9.04.